The molecule has 1 heterocycles. The highest BCUT2D eigenvalue weighted by Crippen LogP contribution is 2.17. The van der Waals surface area contributed by atoms with Crippen LogP contribution in [0.1, 0.15) is 44.9 Å². The van der Waals surface area contributed by atoms with Crippen molar-refractivity contribution in [3.63, 3.8) is 0 Å². The van der Waals surface area contributed by atoms with E-state index in [0.717, 1.165) is 31.3 Å². The number of nitrogens with one attached hydrogen (secondary N) is 2. The summed E-state index contributed by atoms with van der Waals surface area (Å²) in [6.07, 6.45) is 9.24. The summed E-state index contributed by atoms with van der Waals surface area (Å²) in [6, 6.07) is 0.580. The fourth-order valence-electron chi connectivity index (χ4n) is 2.67. The Kier molecular flexibility index (Phi) is 8.63. The van der Waals surface area contributed by atoms with Gasteiger partial charge in [-0.2, -0.15) is 0 Å². The summed E-state index contributed by atoms with van der Waals surface area (Å²) in [7, 11) is 1.83. The number of guanidine groups is 1. The third-order valence-electron chi connectivity index (χ3n) is 3.83. The average Bonchev–Trinajstić information content (AvgIpc) is 2.94. The molecule has 0 bridgehead atoms. The predicted molar refractivity (Wildman–Crippen MR) is 96.2 cm³/mol. The molecule has 0 saturated heterocycles. The number of nitrogens with zero attached hydrogens (tertiary/aromatic N) is 4. The standard InChI is InChI=1S/C14H26N6.HI/c1-3-13-19-17-11-20(13)10-9-16-14(15-2)18-12-7-5-4-6-8-12;/h11-12H,3-10H2,1-2H3,(H2,15,16,18);1H. The van der Waals surface area contributed by atoms with Gasteiger partial charge in [-0.3, -0.25) is 4.99 Å². The Labute approximate surface area is 144 Å². The second-order valence-electron chi connectivity index (χ2n) is 5.27. The number of hydrogen-bond acceptors (Lipinski definition) is 3. The fourth-order valence-corrected chi connectivity index (χ4v) is 2.67. The minimum absolute atomic E-state index is 0. The summed E-state index contributed by atoms with van der Waals surface area (Å²) in [5.41, 5.74) is 0. The zero-order valence-corrected chi connectivity index (χ0v) is 15.3. The first-order chi connectivity index (χ1) is 9.83. The molecule has 2 N–H and O–H groups in total. The van der Waals surface area contributed by atoms with E-state index in [4.69, 9.17) is 0 Å². The van der Waals surface area contributed by atoms with Crippen LogP contribution in [0.2, 0.25) is 0 Å². The maximum absolute atomic E-state index is 4.30. The summed E-state index contributed by atoms with van der Waals surface area (Å²) in [5, 5.41) is 14.9. The van der Waals surface area contributed by atoms with Crippen molar-refractivity contribution in [3.05, 3.63) is 12.2 Å². The van der Waals surface area contributed by atoms with Crippen molar-refractivity contribution in [2.75, 3.05) is 13.6 Å². The minimum atomic E-state index is 0. The number of halogens is 1. The van der Waals surface area contributed by atoms with Gasteiger partial charge >= 0.3 is 0 Å². The molecular formula is C14H27IN6. The number of rotatable bonds is 5. The third kappa shape index (κ3) is 5.80. The van der Waals surface area contributed by atoms with Crippen LogP contribution in [0.25, 0.3) is 0 Å². The van der Waals surface area contributed by atoms with Crippen molar-refractivity contribution in [1.29, 1.82) is 0 Å². The molecule has 2 rings (SSSR count). The second-order valence-corrected chi connectivity index (χ2v) is 5.27. The van der Waals surface area contributed by atoms with Gasteiger partial charge in [0.05, 0.1) is 0 Å². The average molecular weight is 406 g/mol. The van der Waals surface area contributed by atoms with Crippen LogP contribution in [0, 0.1) is 0 Å². The molecule has 21 heavy (non-hydrogen) atoms. The van der Waals surface area contributed by atoms with Crippen LogP contribution in [0.4, 0.5) is 0 Å². The molecule has 1 aromatic rings. The van der Waals surface area contributed by atoms with Gasteiger partial charge in [-0.25, -0.2) is 0 Å². The minimum Gasteiger partial charge on any atom is -0.355 e. The van der Waals surface area contributed by atoms with Gasteiger partial charge in [-0.05, 0) is 12.8 Å². The zero-order valence-electron chi connectivity index (χ0n) is 13.0. The zero-order chi connectivity index (χ0) is 14.2. The van der Waals surface area contributed by atoms with Crippen molar-refractivity contribution in [2.45, 2.75) is 58.0 Å². The quantitative estimate of drug-likeness (QED) is 0.446. The lowest BCUT2D eigenvalue weighted by Gasteiger charge is -2.24. The van der Waals surface area contributed by atoms with Crippen LogP contribution >= 0.6 is 24.0 Å². The van der Waals surface area contributed by atoms with Crippen LogP contribution in [0.15, 0.2) is 11.3 Å². The van der Waals surface area contributed by atoms with Gasteiger partial charge < -0.3 is 15.2 Å². The normalized spacial score (nSPS) is 16.4. The Bertz CT molecular complexity index is 425. The Balaban J connectivity index is 0.00000220. The molecule has 0 atom stereocenters. The van der Waals surface area contributed by atoms with E-state index >= 15 is 0 Å². The fraction of sp³-hybridized carbons (Fsp3) is 0.786. The highest BCUT2D eigenvalue weighted by atomic mass is 127. The van der Waals surface area contributed by atoms with Gasteiger partial charge in [0.2, 0.25) is 0 Å². The van der Waals surface area contributed by atoms with E-state index in [1.807, 2.05) is 7.05 Å². The lowest BCUT2D eigenvalue weighted by atomic mass is 9.96. The van der Waals surface area contributed by atoms with Gasteiger partial charge in [0.15, 0.2) is 5.96 Å². The van der Waals surface area contributed by atoms with Crippen molar-refractivity contribution in [3.8, 4) is 0 Å². The highest BCUT2D eigenvalue weighted by molar-refractivity contribution is 14.0. The third-order valence-corrected chi connectivity index (χ3v) is 3.83. The molecule has 0 aliphatic heterocycles. The van der Waals surface area contributed by atoms with Crippen LogP contribution in [-0.4, -0.2) is 40.4 Å². The largest absolute Gasteiger partial charge is 0.355 e. The first kappa shape index (κ1) is 18.2. The van der Waals surface area contributed by atoms with Crippen LogP contribution in [0.3, 0.4) is 0 Å². The number of hydrogen-bond donors (Lipinski definition) is 2. The Hall–Kier alpha value is -0.860. The molecule has 0 amide bonds. The Morgan fingerprint density at radius 1 is 1.38 bits per heavy atom. The number of aryl methyl sites for hydroxylation is 1. The van der Waals surface area contributed by atoms with Crippen molar-refractivity contribution in [1.82, 2.24) is 25.4 Å². The first-order valence-corrected chi connectivity index (χ1v) is 7.67. The maximum Gasteiger partial charge on any atom is 0.191 e. The molecule has 0 radical (unpaired) electrons. The molecule has 0 aromatic carbocycles. The summed E-state index contributed by atoms with van der Waals surface area (Å²) < 4.78 is 2.08. The molecule has 0 unspecified atom stereocenters. The number of aliphatic imine (C=N–C) groups is 1. The molecule has 1 fully saturated rings. The first-order valence-electron chi connectivity index (χ1n) is 7.67. The monoisotopic (exact) mass is 406 g/mol. The summed E-state index contributed by atoms with van der Waals surface area (Å²) in [5.74, 6) is 1.94. The van der Waals surface area contributed by atoms with Gasteiger partial charge in [0, 0.05) is 32.6 Å². The van der Waals surface area contributed by atoms with Gasteiger partial charge in [-0.15, -0.1) is 34.2 Å². The molecule has 0 spiro atoms. The molecule has 1 aromatic heterocycles. The second kappa shape index (κ2) is 9.97. The molecule has 1 aliphatic rings. The lowest BCUT2D eigenvalue weighted by molar-refractivity contribution is 0.409. The van der Waals surface area contributed by atoms with E-state index in [0.29, 0.717) is 6.04 Å². The Morgan fingerprint density at radius 2 is 2.14 bits per heavy atom. The maximum atomic E-state index is 4.30. The van der Waals surface area contributed by atoms with E-state index in [-0.39, 0.29) is 24.0 Å². The SMILES string of the molecule is CCc1nncn1CCNC(=NC)NC1CCCCC1.I. The Morgan fingerprint density at radius 3 is 2.81 bits per heavy atom. The van der Waals surface area contributed by atoms with Gasteiger partial charge in [0.1, 0.15) is 12.2 Å². The van der Waals surface area contributed by atoms with Gasteiger partial charge in [0.25, 0.3) is 0 Å². The smallest absolute Gasteiger partial charge is 0.191 e. The molecule has 1 saturated carbocycles. The molecule has 7 heteroatoms. The van der Waals surface area contributed by atoms with E-state index in [2.05, 4.69) is 37.3 Å². The van der Waals surface area contributed by atoms with Crippen molar-refractivity contribution < 1.29 is 0 Å². The lowest BCUT2D eigenvalue weighted by Crippen LogP contribution is -2.45. The summed E-state index contributed by atoms with van der Waals surface area (Å²) in [6.45, 7) is 3.79. The highest BCUT2D eigenvalue weighted by Gasteiger charge is 2.14. The van der Waals surface area contributed by atoms with E-state index in [1.54, 1.807) is 6.33 Å². The van der Waals surface area contributed by atoms with Crippen LogP contribution in [-0.2, 0) is 13.0 Å². The van der Waals surface area contributed by atoms with E-state index < -0.39 is 0 Å². The summed E-state index contributed by atoms with van der Waals surface area (Å²) in [4.78, 5) is 4.30. The van der Waals surface area contributed by atoms with Crippen LogP contribution < -0.4 is 10.6 Å². The molecule has 120 valence electrons. The molecule has 1 aliphatic carbocycles. The summed E-state index contributed by atoms with van der Waals surface area (Å²) >= 11 is 0. The number of aromatic nitrogens is 3. The molecular weight excluding hydrogens is 379 g/mol. The van der Waals surface area contributed by atoms with Gasteiger partial charge in [-0.1, -0.05) is 26.2 Å². The van der Waals surface area contributed by atoms with E-state index in [1.165, 1.54) is 32.1 Å². The van der Waals surface area contributed by atoms with Crippen molar-refractivity contribution >= 4 is 29.9 Å². The van der Waals surface area contributed by atoms with E-state index in [9.17, 15) is 0 Å². The topological polar surface area (TPSA) is 67.1 Å². The van der Waals surface area contributed by atoms with Crippen molar-refractivity contribution in [2.24, 2.45) is 4.99 Å². The van der Waals surface area contributed by atoms with Crippen LogP contribution in [0.5, 0.6) is 0 Å². The molecule has 6 nitrogen and oxygen atoms in total. The predicted octanol–water partition coefficient (Wildman–Crippen LogP) is 1.96.